The number of fused-ring (bicyclic) bond motifs is 2. The van der Waals surface area contributed by atoms with Gasteiger partial charge in [-0.05, 0) is 66.2 Å². The van der Waals surface area contributed by atoms with Crippen LogP contribution in [0.25, 0.3) is 0 Å². The van der Waals surface area contributed by atoms with Gasteiger partial charge in [0.15, 0.2) is 0 Å². The van der Waals surface area contributed by atoms with Crippen molar-refractivity contribution in [3.8, 4) is 5.75 Å². The fourth-order valence-corrected chi connectivity index (χ4v) is 4.46. The van der Waals surface area contributed by atoms with Crippen LogP contribution < -0.4 is 10.2 Å². The van der Waals surface area contributed by atoms with E-state index in [-0.39, 0.29) is 28.2 Å². The number of hydrogen-bond acceptors (Lipinski definition) is 10. The third kappa shape index (κ3) is 8.62. The minimum atomic E-state index is -1.20. The number of pyridine rings is 1. The summed E-state index contributed by atoms with van der Waals surface area (Å²) in [4.78, 5) is 84.2. The maximum atomic E-state index is 11.7. The lowest BCUT2D eigenvalue weighted by atomic mass is 10.1. The van der Waals surface area contributed by atoms with Gasteiger partial charge in [0, 0.05) is 18.0 Å². The highest BCUT2D eigenvalue weighted by atomic mass is 16.5. The Bertz CT molecular complexity index is 1790. The molecule has 3 N–H and O–H groups in total. The maximum absolute atomic E-state index is 11.7. The number of carbonyl (C=O) groups excluding carboxylic acids is 5. The van der Waals surface area contributed by atoms with E-state index in [2.05, 4.69) is 15.5 Å². The fourth-order valence-electron chi connectivity index (χ4n) is 4.46. The average Bonchev–Trinajstić information content (AvgIpc) is 3.49. The summed E-state index contributed by atoms with van der Waals surface area (Å²) in [7, 11) is 1.61. The third-order valence-electron chi connectivity index (χ3n) is 6.78. The number of imide groups is 2. The second kappa shape index (κ2) is 16.0. The SMILES string of the molecule is COc1ccc(/C=N/NC(=O)c2ccncc2)cc1.O=C(O)CN1C(=O)c2ccccc2C1=O.O=C(O)CN1C(=O)c2ccccc2C1=O. The standard InChI is InChI=1S/C14H13N3O2.2C10H7NO4/c1-19-13-4-2-11(3-5-13)10-16-17-14(18)12-6-8-15-9-7-12;2*12-8(13)5-11-9(14)6-3-1-2-4-7(6)10(11)15/h2-10H,1H3,(H,17,18);2*1-4H,5H2,(H,12,13)/b16-10+;;. The first-order valence-electron chi connectivity index (χ1n) is 14.2. The van der Waals surface area contributed by atoms with Crippen LogP contribution in [0.15, 0.2) is 102 Å². The van der Waals surface area contributed by atoms with E-state index < -0.39 is 48.7 Å². The van der Waals surface area contributed by atoms with Crippen LogP contribution in [-0.2, 0) is 9.59 Å². The zero-order chi connectivity index (χ0) is 35.5. The Kier molecular flexibility index (Phi) is 11.4. The number of nitrogens with one attached hydrogen (secondary N) is 1. The summed E-state index contributed by atoms with van der Waals surface area (Å²) in [6.07, 6.45) is 4.68. The zero-order valence-corrected chi connectivity index (χ0v) is 25.7. The molecule has 0 radical (unpaired) electrons. The summed E-state index contributed by atoms with van der Waals surface area (Å²) in [5.74, 6) is -4.08. The van der Waals surface area contributed by atoms with E-state index in [0.717, 1.165) is 21.1 Å². The molecule has 248 valence electrons. The summed E-state index contributed by atoms with van der Waals surface area (Å²) >= 11 is 0. The van der Waals surface area contributed by atoms with E-state index in [1.807, 2.05) is 24.3 Å². The maximum Gasteiger partial charge on any atom is 0.323 e. The molecule has 0 saturated heterocycles. The third-order valence-corrected chi connectivity index (χ3v) is 6.78. The van der Waals surface area contributed by atoms with Crippen LogP contribution in [0.4, 0.5) is 0 Å². The van der Waals surface area contributed by atoms with Crippen molar-refractivity contribution in [3.05, 3.63) is 131 Å². The monoisotopic (exact) mass is 665 g/mol. The number of aromatic nitrogens is 1. The van der Waals surface area contributed by atoms with E-state index >= 15 is 0 Å². The normalized spacial score (nSPS) is 12.8. The van der Waals surface area contributed by atoms with Gasteiger partial charge in [0.1, 0.15) is 18.8 Å². The molecule has 0 saturated carbocycles. The number of amides is 5. The van der Waals surface area contributed by atoms with E-state index in [1.54, 1.807) is 62.1 Å². The quantitative estimate of drug-likeness (QED) is 0.141. The van der Waals surface area contributed by atoms with Crippen LogP contribution in [0.1, 0.15) is 57.4 Å². The zero-order valence-electron chi connectivity index (χ0n) is 25.7. The molecule has 0 fully saturated rings. The molecule has 5 amide bonds. The molecule has 4 aromatic rings. The van der Waals surface area contributed by atoms with Crippen LogP contribution in [0.2, 0.25) is 0 Å². The molecule has 0 spiro atoms. The van der Waals surface area contributed by atoms with Crippen LogP contribution in [0.5, 0.6) is 5.75 Å². The van der Waals surface area contributed by atoms with Gasteiger partial charge in [-0.25, -0.2) is 5.43 Å². The number of methoxy groups -OCH3 is 1. The summed E-state index contributed by atoms with van der Waals surface area (Å²) in [5.41, 5.74) is 4.90. The molecule has 2 aliphatic rings. The summed E-state index contributed by atoms with van der Waals surface area (Å²) in [5, 5.41) is 21.0. The number of carboxylic acids is 2. The Morgan fingerprint density at radius 3 is 1.47 bits per heavy atom. The van der Waals surface area contributed by atoms with Crippen LogP contribution >= 0.6 is 0 Å². The average molecular weight is 666 g/mol. The second-order valence-corrected chi connectivity index (χ2v) is 9.98. The first-order chi connectivity index (χ1) is 23.5. The van der Waals surface area contributed by atoms with Gasteiger partial charge in [-0.1, -0.05) is 24.3 Å². The van der Waals surface area contributed by atoms with Gasteiger partial charge in [0.05, 0.1) is 35.6 Å². The molecule has 15 heteroatoms. The van der Waals surface area contributed by atoms with Crippen molar-refractivity contribution in [3.63, 3.8) is 0 Å². The van der Waals surface area contributed by atoms with Crippen molar-refractivity contribution in [2.24, 2.45) is 5.10 Å². The lowest BCUT2D eigenvalue weighted by Gasteiger charge is -2.09. The number of nitrogens with zero attached hydrogens (tertiary/aromatic N) is 4. The van der Waals surface area contributed by atoms with Gasteiger partial charge >= 0.3 is 11.9 Å². The summed E-state index contributed by atoms with van der Waals surface area (Å²) < 4.78 is 5.05. The Balaban J connectivity index is 0.000000167. The number of carbonyl (C=O) groups is 7. The van der Waals surface area contributed by atoms with Crippen LogP contribution in [0.3, 0.4) is 0 Å². The molecule has 0 aliphatic carbocycles. The first-order valence-corrected chi connectivity index (χ1v) is 14.2. The van der Waals surface area contributed by atoms with Crippen molar-refractivity contribution in [2.45, 2.75) is 0 Å². The molecular weight excluding hydrogens is 638 g/mol. The smallest absolute Gasteiger partial charge is 0.323 e. The number of rotatable bonds is 8. The van der Waals surface area contributed by atoms with E-state index in [0.29, 0.717) is 5.56 Å². The molecule has 6 rings (SSSR count). The minimum Gasteiger partial charge on any atom is -0.497 e. The van der Waals surface area contributed by atoms with Gasteiger partial charge < -0.3 is 14.9 Å². The first kappa shape index (κ1) is 34.8. The molecule has 15 nitrogen and oxygen atoms in total. The Morgan fingerprint density at radius 2 is 1.10 bits per heavy atom. The Hall–Kier alpha value is -7.03. The van der Waals surface area contributed by atoms with Crippen LogP contribution in [-0.4, -0.2) is 92.9 Å². The number of carboxylic acid groups (broad SMARTS) is 2. The molecule has 0 bridgehead atoms. The molecule has 1 aromatic heterocycles. The van der Waals surface area contributed by atoms with Gasteiger partial charge in [0.2, 0.25) is 0 Å². The van der Waals surface area contributed by atoms with Gasteiger partial charge in [0.25, 0.3) is 29.5 Å². The highest BCUT2D eigenvalue weighted by Crippen LogP contribution is 2.23. The van der Waals surface area contributed by atoms with Gasteiger partial charge in [-0.2, -0.15) is 5.10 Å². The second-order valence-electron chi connectivity index (χ2n) is 9.98. The Labute approximate surface area is 278 Å². The predicted octanol–water partition coefficient (Wildman–Crippen LogP) is 2.59. The molecule has 3 aromatic carbocycles. The van der Waals surface area contributed by atoms with Gasteiger partial charge in [-0.15, -0.1) is 0 Å². The van der Waals surface area contributed by atoms with E-state index in [4.69, 9.17) is 14.9 Å². The molecule has 49 heavy (non-hydrogen) atoms. The lowest BCUT2D eigenvalue weighted by molar-refractivity contribution is -0.138. The fraction of sp³-hybridized carbons (Fsp3) is 0.0882. The molecular formula is C34H27N5O10. The van der Waals surface area contributed by atoms with Crippen molar-refractivity contribution < 1.29 is 48.5 Å². The van der Waals surface area contributed by atoms with E-state index in [1.165, 1.54) is 24.3 Å². The number of hydrazone groups is 1. The van der Waals surface area contributed by atoms with Crippen molar-refractivity contribution in [2.75, 3.05) is 20.2 Å². The summed E-state index contributed by atoms with van der Waals surface area (Å²) in [6.45, 7) is -1.18. The number of ether oxygens (including phenoxy) is 1. The highest BCUT2D eigenvalue weighted by molar-refractivity contribution is 6.23. The topological polar surface area (TPSA) is 213 Å². The number of aliphatic carboxylic acids is 2. The highest BCUT2D eigenvalue weighted by Gasteiger charge is 2.37. The minimum absolute atomic E-state index is 0.267. The number of benzene rings is 3. The largest absolute Gasteiger partial charge is 0.497 e. The predicted molar refractivity (Wildman–Crippen MR) is 171 cm³/mol. The molecule has 0 atom stereocenters. The molecule has 0 unspecified atom stereocenters. The number of hydrogen-bond donors (Lipinski definition) is 3. The Morgan fingerprint density at radius 1 is 0.694 bits per heavy atom. The van der Waals surface area contributed by atoms with Crippen molar-refractivity contribution in [1.82, 2.24) is 20.2 Å². The van der Waals surface area contributed by atoms with Crippen molar-refractivity contribution >= 4 is 47.7 Å². The van der Waals surface area contributed by atoms with Crippen LogP contribution in [0, 0.1) is 0 Å². The molecule has 3 heterocycles. The lowest BCUT2D eigenvalue weighted by Crippen LogP contribution is -2.34. The molecule has 2 aliphatic heterocycles. The summed E-state index contributed by atoms with van der Waals surface area (Å²) in [6, 6.07) is 23.2. The van der Waals surface area contributed by atoms with Crippen molar-refractivity contribution in [1.29, 1.82) is 0 Å². The van der Waals surface area contributed by atoms with E-state index in [9.17, 15) is 33.6 Å². The van der Waals surface area contributed by atoms with Gasteiger partial charge in [-0.3, -0.25) is 48.3 Å².